The lowest BCUT2D eigenvalue weighted by Crippen LogP contribution is -2.15. The number of carbonyl (C=O) groups excluding carboxylic acids is 2. The van der Waals surface area contributed by atoms with Crippen LogP contribution in [0.25, 0.3) is 0 Å². The fourth-order valence-corrected chi connectivity index (χ4v) is 2.51. The Kier molecular flexibility index (Phi) is 6.17. The van der Waals surface area contributed by atoms with Gasteiger partial charge >= 0.3 is 5.97 Å². The van der Waals surface area contributed by atoms with E-state index in [0.29, 0.717) is 11.3 Å². The van der Waals surface area contributed by atoms with Gasteiger partial charge in [0.2, 0.25) is 0 Å². The maximum Gasteiger partial charge on any atom is 0.340 e. The summed E-state index contributed by atoms with van der Waals surface area (Å²) in [7, 11) is 1.50. The summed E-state index contributed by atoms with van der Waals surface area (Å²) in [6.45, 7) is 3.65. The lowest BCUT2D eigenvalue weighted by molar-refractivity contribution is 0.0387. The predicted octanol–water partition coefficient (Wildman–Crippen LogP) is 3.48. The summed E-state index contributed by atoms with van der Waals surface area (Å²) in [6, 6.07) is 3.93. The monoisotopic (exact) mass is 368 g/mol. The van der Waals surface area contributed by atoms with Crippen LogP contribution in [0.5, 0.6) is 0 Å². The van der Waals surface area contributed by atoms with Crippen molar-refractivity contribution in [3.63, 3.8) is 0 Å². The van der Waals surface area contributed by atoms with Crippen LogP contribution in [0.4, 0.5) is 10.1 Å². The number of ether oxygens (including phenoxy) is 2. The lowest BCUT2D eigenvalue weighted by Gasteiger charge is -2.07. The number of amides is 1. The zero-order valence-electron chi connectivity index (χ0n) is 14.0. The van der Waals surface area contributed by atoms with Gasteiger partial charge in [0.15, 0.2) is 0 Å². The number of hydrogen-bond donors (Lipinski definition) is 2. The Balaban J connectivity index is 2.20. The number of H-pyrrole nitrogens is 1. The van der Waals surface area contributed by atoms with Gasteiger partial charge in [0.25, 0.3) is 5.91 Å². The maximum absolute atomic E-state index is 13.8. The Labute approximate surface area is 149 Å². The number of nitrogens with one attached hydrogen (secondary N) is 2. The summed E-state index contributed by atoms with van der Waals surface area (Å²) in [5.41, 5.74) is 1.34. The Morgan fingerprint density at radius 1 is 1.28 bits per heavy atom. The Hall–Kier alpha value is -2.38. The number of methoxy groups -OCH3 is 1. The van der Waals surface area contributed by atoms with Crippen molar-refractivity contribution in [3.8, 4) is 0 Å². The number of benzene rings is 1. The highest BCUT2D eigenvalue weighted by atomic mass is 35.5. The Bertz CT molecular complexity index is 804. The van der Waals surface area contributed by atoms with Crippen LogP contribution in [-0.2, 0) is 9.47 Å². The highest BCUT2D eigenvalue weighted by molar-refractivity contribution is 6.30. The Morgan fingerprint density at radius 3 is 2.64 bits per heavy atom. The molecule has 2 N–H and O–H groups in total. The van der Waals surface area contributed by atoms with Crippen LogP contribution >= 0.6 is 11.6 Å². The fourth-order valence-electron chi connectivity index (χ4n) is 2.35. The first-order valence-corrected chi connectivity index (χ1v) is 7.84. The summed E-state index contributed by atoms with van der Waals surface area (Å²) in [5.74, 6) is -1.78. The SMILES string of the molecule is COCCOC(=O)c1c(C)[nH]c(C(=O)Nc2ccc(Cl)cc2F)c1C. The number of aryl methyl sites for hydroxylation is 1. The summed E-state index contributed by atoms with van der Waals surface area (Å²) >= 11 is 5.69. The number of aromatic amines is 1. The van der Waals surface area contributed by atoms with Crippen molar-refractivity contribution in [2.45, 2.75) is 13.8 Å². The van der Waals surface area contributed by atoms with E-state index in [1.165, 1.54) is 19.2 Å². The summed E-state index contributed by atoms with van der Waals surface area (Å²) in [4.78, 5) is 27.4. The first-order chi connectivity index (χ1) is 11.8. The van der Waals surface area contributed by atoms with Crippen molar-refractivity contribution in [1.29, 1.82) is 0 Å². The van der Waals surface area contributed by atoms with Gasteiger partial charge in [-0.2, -0.15) is 0 Å². The second-order valence-electron chi connectivity index (χ2n) is 5.33. The van der Waals surface area contributed by atoms with E-state index in [4.69, 9.17) is 21.1 Å². The lowest BCUT2D eigenvalue weighted by atomic mass is 10.1. The molecule has 0 atom stereocenters. The van der Waals surface area contributed by atoms with Gasteiger partial charge in [0.1, 0.15) is 18.1 Å². The summed E-state index contributed by atoms with van der Waals surface area (Å²) < 4.78 is 23.7. The van der Waals surface area contributed by atoms with E-state index in [1.807, 2.05) is 0 Å². The standard InChI is InChI=1S/C17H18ClFN2O4/c1-9-14(17(23)25-7-6-24-3)10(2)20-15(9)16(22)21-13-5-4-11(18)8-12(13)19/h4-5,8,20H,6-7H2,1-3H3,(H,21,22). The second kappa shape index (κ2) is 8.13. The number of aromatic nitrogens is 1. The first-order valence-electron chi connectivity index (χ1n) is 7.46. The number of carbonyl (C=O) groups is 2. The van der Waals surface area contributed by atoms with E-state index in [2.05, 4.69) is 10.3 Å². The molecule has 8 heteroatoms. The molecule has 2 aromatic rings. The first kappa shape index (κ1) is 19.0. The molecule has 25 heavy (non-hydrogen) atoms. The smallest absolute Gasteiger partial charge is 0.340 e. The minimum Gasteiger partial charge on any atom is -0.460 e. The topological polar surface area (TPSA) is 80.4 Å². The van der Waals surface area contributed by atoms with E-state index >= 15 is 0 Å². The molecule has 1 aromatic heterocycles. The van der Waals surface area contributed by atoms with Crippen LogP contribution < -0.4 is 5.32 Å². The van der Waals surface area contributed by atoms with Crippen LogP contribution in [-0.4, -0.2) is 37.2 Å². The van der Waals surface area contributed by atoms with Crippen molar-refractivity contribution in [2.24, 2.45) is 0 Å². The highest BCUT2D eigenvalue weighted by Gasteiger charge is 2.23. The van der Waals surface area contributed by atoms with Crippen LogP contribution in [0.3, 0.4) is 0 Å². The van der Waals surface area contributed by atoms with Gasteiger partial charge in [-0.05, 0) is 37.6 Å². The molecule has 0 radical (unpaired) electrons. The molecule has 0 aliphatic rings. The molecule has 1 aromatic carbocycles. The van der Waals surface area contributed by atoms with Gasteiger partial charge in [0.05, 0.1) is 17.9 Å². The highest BCUT2D eigenvalue weighted by Crippen LogP contribution is 2.22. The summed E-state index contributed by atoms with van der Waals surface area (Å²) in [6.07, 6.45) is 0. The molecule has 0 saturated heterocycles. The minimum absolute atomic E-state index is 0.00901. The maximum atomic E-state index is 13.8. The molecule has 6 nitrogen and oxygen atoms in total. The predicted molar refractivity (Wildman–Crippen MR) is 91.8 cm³/mol. The molecule has 1 heterocycles. The molecule has 2 rings (SSSR count). The van der Waals surface area contributed by atoms with Gasteiger partial charge in [-0.25, -0.2) is 9.18 Å². The molecule has 1 amide bonds. The molecule has 0 unspecified atom stereocenters. The van der Waals surface area contributed by atoms with E-state index in [0.717, 1.165) is 6.07 Å². The van der Waals surface area contributed by atoms with Crippen LogP contribution in [0.1, 0.15) is 32.1 Å². The van der Waals surface area contributed by atoms with Crippen molar-refractivity contribution >= 4 is 29.2 Å². The zero-order valence-corrected chi connectivity index (χ0v) is 14.8. The number of anilines is 1. The quantitative estimate of drug-likeness (QED) is 0.604. The van der Waals surface area contributed by atoms with E-state index in [1.54, 1.807) is 13.8 Å². The number of hydrogen-bond acceptors (Lipinski definition) is 4. The molecule has 0 aliphatic heterocycles. The van der Waals surface area contributed by atoms with Gasteiger partial charge in [-0.3, -0.25) is 4.79 Å². The van der Waals surface area contributed by atoms with Gasteiger partial charge in [-0.15, -0.1) is 0 Å². The number of esters is 1. The minimum atomic E-state index is -0.652. The van der Waals surface area contributed by atoms with Gasteiger partial charge in [-0.1, -0.05) is 11.6 Å². The average molecular weight is 369 g/mol. The van der Waals surface area contributed by atoms with Crippen molar-refractivity contribution in [2.75, 3.05) is 25.6 Å². The van der Waals surface area contributed by atoms with Gasteiger partial charge in [0, 0.05) is 17.8 Å². The third kappa shape index (κ3) is 4.37. The third-order valence-electron chi connectivity index (χ3n) is 3.57. The van der Waals surface area contributed by atoms with Crippen molar-refractivity contribution in [1.82, 2.24) is 4.98 Å². The molecular formula is C17H18ClFN2O4. The number of rotatable bonds is 6. The fraction of sp³-hybridized carbons (Fsp3) is 0.294. The van der Waals surface area contributed by atoms with Crippen LogP contribution in [0, 0.1) is 19.7 Å². The van der Waals surface area contributed by atoms with E-state index in [9.17, 15) is 14.0 Å². The van der Waals surface area contributed by atoms with Crippen LogP contribution in [0.15, 0.2) is 18.2 Å². The van der Waals surface area contributed by atoms with Crippen molar-refractivity contribution in [3.05, 3.63) is 51.6 Å². The van der Waals surface area contributed by atoms with Gasteiger partial charge < -0.3 is 19.8 Å². The average Bonchev–Trinajstić information content (AvgIpc) is 2.85. The number of halogens is 2. The van der Waals surface area contributed by atoms with Crippen molar-refractivity contribution < 1.29 is 23.5 Å². The zero-order chi connectivity index (χ0) is 18.6. The third-order valence-corrected chi connectivity index (χ3v) is 3.80. The second-order valence-corrected chi connectivity index (χ2v) is 5.77. The molecular weight excluding hydrogens is 351 g/mol. The Morgan fingerprint density at radius 2 is 2.00 bits per heavy atom. The normalized spacial score (nSPS) is 10.6. The molecule has 0 saturated carbocycles. The molecule has 0 bridgehead atoms. The largest absolute Gasteiger partial charge is 0.460 e. The molecule has 134 valence electrons. The van der Waals surface area contributed by atoms with Crippen LogP contribution in [0.2, 0.25) is 5.02 Å². The molecule has 0 aliphatic carbocycles. The summed E-state index contributed by atoms with van der Waals surface area (Å²) in [5, 5.41) is 2.68. The van der Waals surface area contributed by atoms with E-state index in [-0.39, 0.29) is 35.2 Å². The molecule has 0 spiro atoms. The molecule has 0 fully saturated rings. The van der Waals surface area contributed by atoms with E-state index < -0.39 is 17.7 Å².